The molecule has 5 heteroatoms. The van der Waals surface area contributed by atoms with E-state index < -0.39 is 0 Å². The second kappa shape index (κ2) is 6.42. The highest BCUT2D eigenvalue weighted by molar-refractivity contribution is 9.10. The summed E-state index contributed by atoms with van der Waals surface area (Å²) in [6, 6.07) is 13.5. The van der Waals surface area contributed by atoms with Crippen LogP contribution in [-0.2, 0) is 0 Å². The molecule has 0 radical (unpaired) electrons. The monoisotopic (exact) mass is 381 g/mol. The molecule has 1 aliphatic rings. The van der Waals surface area contributed by atoms with Gasteiger partial charge in [-0.1, -0.05) is 29.8 Å². The van der Waals surface area contributed by atoms with Crippen LogP contribution in [0.2, 0.25) is 5.02 Å². The maximum Gasteiger partial charge on any atom is 0.251 e. The molecule has 0 aromatic heterocycles. The van der Waals surface area contributed by atoms with Gasteiger partial charge in [-0.05, 0) is 52.2 Å². The number of halogens is 2. The molecule has 1 amide bonds. The minimum atomic E-state index is -0.0703. The molecule has 2 aromatic carbocycles. The molecular formula is C16H13BrClNOS. The minimum Gasteiger partial charge on any atom is -0.345 e. The molecule has 2 nitrogen and oxygen atoms in total. The van der Waals surface area contributed by atoms with Gasteiger partial charge in [-0.3, -0.25) is 4.79 Å². The molecule has 0 spiro atoms. The molecule has 0 saturated carbocycles. The summed E-state index contributed by atoms with van der Waals surface area (Å²) in [4.78, 5) is 13.7. The van der Waals surface area contributed by atoms with Gasteiger partial charge in [0.25, 0.3) is 5.91 Å². The Morgan fingerprint density at radius 1 is 1.29 bits per heavy atom. The van der Waals surface area contributed by atoms with Crippen LogP contribution in [0.5, 0.6) is 0 Å². The van der Waals surface area contributed by atoms with Gasteiger partial charge < -0.3 is 5.32 Å². The topological polar surface area (TPSA) is 29.1 Å². The predicted octanol–water partition coefficient (Wildman–Crippen LogP) is 5.07. The molecule has 1 unspecified atom stereocenters. The molecule has 0 bridgehead atoms. The van der Waals surface area contributed by atoms with Crippen molar-refractivity contribution in [2.45, 2.75) is 17.4 Å². The molecule has 0 saturated heterocycles. The smallest absolute Gasteiger partial charge is 0.251 e. The highest BCUT2D eigenvalue weighted by Crippen LogP contribution is 2.36. The van der Waals surface area contributed by atoms with Crippen molar-refractivity contribution in [2.24, 2.45) is 0 Å². The molecule has 0 aliphatic carbocycles. The van der Waals surface area contributed by atoms with E-state index in [4.69, 9.17) is 11.6 Å². The number of benzene rings is 2. The zero-order valence-corrected chi connectivity index (χ0v) is 14.3. The third-order valence-corrected chi connectivity index (χ3v) is 5.78. The summed E-state index contributed by atoms with van der Waals surface area (Å²) in [5, 5.41) is 3.72. The predicted molar refractivity (Wildman–Crippen MR) is 91.1 cm³/mol. The van der Waals surface area contributed by atoms with Gasteiger partial charge in [0.2, 0.25) is 0 Å². The lowest BCUT2D eigenvalue weighted by molar-refractivity contribution is 0.0935. The van der Waals surface area contributed by atoms with E-state index in [2.05, 4.69) is 33.4 Å². The molecule has 108 valence electrons. The summed E-state index contributed by atoms with van der Waals surface area (Å²) in [6.07, 6.45) is 0.947. The van der Waals surface area contributed by atoms with Gasteiger partial charge in [0.1, 0.15) is 0 Å². The van der Waals surface area contributed by atoms with Gasteiger partial charge in [-0.2, -0.15) is 0 Å². The number of hydrogen-bond acceptors (Lipinski definition) is 2. The Bertz CT molecular complexity index is 692. The van der Waals surface area contributed by atoms with Gasteiger partial charge in [0, 0.05) is 20.7 Å². The van der Waals surface area contributed by atoms with Crippen LogP contribution in [0, 0.1) is 0 Å². The molecule has 2 aromatic rings. The van der Waals surface area contributed by atoms with E-state index in [1.54, 1.807) is 18.2 Å². The Hall–Kier alpha value is -0.970. The first-order valence-corrected chi connectivity index (χ1v) is 8.78. The lowest BCUT2D eigenvalue weighted by Crippen LogP contribution is -2.30. The van der Waals surface area contributed by atoms with E-state index in [9.17, 15) is 4.79 Å². The number of hydrogen-bond donors (Lipinski definition) is 1. The zero-order valence-electron chi connectivity index (χ0n) is 11.1. The van der Waals surface area contributed by atoms with Crippen molar-refractivity contribution >= 4 is 45.2 Å². The first-order chi connectivity index (χ1) is 10.1. The molecule has 0 fully saturated rings. The highest BCUT2D eigenvalue weighted by atomic mass is 79.9. The van der Waals surface area contributed by atoms with Crippen molar-refractivity contribution in [1.82, 2.24) is 5.32 Å². The number of carbonyl (C=O) groups excluding carboxylic acids is 1. The summed E-state index contributed by atoms with van der Waals surface area (Å²) in [5.74, 6) is 0.950. The highest BCUT2D eigenvalue weighted by Gasteiger charge is 2.22. The second-order valence-electron chi connectivity index (χ2n) is 4.83. The van der Waals surface area contributed by atoms with E-state index in [1.165, 1.54) is 10.5 Å². The van der Waals surface area contributed by atoms with Crippen LogP contribution in [0.3, 0.4) is 0 Å². The van der Waals surface area contributed by atoms with Gasteiger partial charge in [-0.25, -0.2) is 0 Å². The van der Waals surface area contributed by atoms with Crippen molar-refractivity contribution < 1.29 is 4.79 Å². The molecule has 1 atom stereocenters. The summed E-state index contributed by atoms with van der Waals surface area (Å²) in [6.45, 7) is 0. The first kappa shape index (κ1) is 14.9. The lowest BCUT2D eigenvalue weighted by Gasteiger charge is -2.26. The number of thioether (sulfide) groups is 1. The van der Waals surface area contributed by atoms with E-state index >= 15 is 0 Å². The maximum atomic E-state index is 12.4. The number of rotatable bonds is 2. The SMILES string of the molecule is O=C(NC1CCSc2ccccc21)c1ccc(Cl)c(Br)c1. The van der Waals surface area contributed by atoms with Crippen LogP contribution >= 0.6 is 39.3 Å². The van der Waals surface area contributed by atoms with Crippen molar-refractivity contribution in [3.05, 3.63) is 63.1 Å². The Balaban J connectivity index is 1.81. The fourth-order valence-corrected chi connectivity index (χ4v) is 3.99. The van der Waals surface area contributed by atoms with Gasteiger partial charge in [0.15, 0.2) is 0 Å². The molecule has 1 aliphatic heterocycles. The summed E-state index contributed by atoms with van der Waals surface area (Å²) < 4.78 is 0.733. The quantitative estimate of drug-likeness (QED) is 0.785. The first-order valence-electron chi connectivity index (χ1n) is 6.63. The van der Waals surface area contributed by atoms with Crippen LogP contribution in [0.4, 0.5) is 0 Å². The Morgan fingerprint density at radius 3 is 2.90 bits per heavy atom. The minimum absolute atomic E-state index is 0.0703. The Kier molecular flexibility index (Phi) is 4.57. The summed E-state index contributed by atoms with van der Waals surface area (Å²) in [7, 11) is 0. The fraction of sp³-hybridized carbons (Fsp3) is 0.188. The number of carbonyl (C=O) groups is 1. The number of fused-ring (bicyclic) bond motifs is 1. The largest absolute Gasteiger partial charge is 0.345 e. The van der Waals surface area contributed by atoms with E-state index in [-0.39, 0.29) is 11.9 Å². The standard InChI is InChI=1S/C16H13BrClNOS/c17-12-9-10(5-6-13(12)18)16(20)19-14-7-8-21-15-4-2-1-3-11(14)15/h1-6,9,14H,7-8H2,(H,19,20). The molecule has 21 heavy (non-hydrogen) atoms. The maximum absolute atomic E-state index is 12.4. The Labute approximate surface area is 141 Å². The van der Waals surface area contributed by atoms with Crippen LogP contribution in [0.1, 0.15) is 28.4 Å². The lowest BCUT2D eigenvalue weighted by atomic mass is 10.0. The average molecular weight is 383 g/mol. The molecular weight excluding hydrogens is 370 g/mol. The van der Waals surface area contributed by atoms with Gasteiger partial charge in [0.05, 0.1) is 11.1 Å². The Morgan fingerprint density at radius 2 is 2.10 bits per heavy atom. The van der Waals surface area contributed by atoms with E-state index in [0.717, 1.165) is 16.6 Å². The molecule has 3 rings (SSSR count). The number of nitrogens with one attached hydrogen (secondary N) is 1. The third kappa shape index (κ3) is 3.28. The van der Waals surface area contributed by atoms with Crippen LogP contribution in [-0.4, -0.2) is 11.7 Å². The fourth-order valence-electron chi connectivity index (χ4n) is 2.37. The van der Waals surface area contributed by atoms with Gasteiger partial charge >= 0.3 is 0 Å². The second-order valence-corrected chi connectivity index (χ2v) is 7.23. The number of amides is 1. The van der Waals surface area contributed by atoms with Crippen molar-refractivity contribution in [2.75, 3.05) is 5.75 Å². The van der Waals surface area contributed by atoms with Gasteiger partial charge in [-0.15, -0.1) is 11.8 Å². The van der Waals surface area contributed by atoms with Crippen molar-refractivity contribution in [3.8, 4) is 0 Å². The molecule has 1 heterocycles. The third-order valence-electron chi connectivity index (χ3n) is 3.45. The van der Waals surface area contributed by atoms with E-state index in [0.29, 0.717) is 10.6 Å². The van der Waals surface area contributed by atoms with E-state index in [1.807, 2.05) is 23.9 Å². The summed E-state index contributed by atoms with van der Waals surface area (Å²) >= 11 is 11.2. The van der Waals surface area contributed by atoms with Crippen LogP contribution in [0.15, 0.2) is 51.8 Å². The van der Waals surface area contributed by atoms with Crippen molar-refractivity contribution in [3.63, 3.8) is 0 Å². The van der Waals surface area contributed by atoms with Crippen LogP contribution in [0.25, 0.3) is 0 Å². The van der Waals surface area contributed by atoms with Crippen LogP contribution < -0.4 is 5.32 Å². The zero-order chi connectivity index (χ0) is 14.8. The molecule has 1 N–H and O–H groups in total. The summed E-state index contributed by atoms with van der Waals surface area (Å²) in [5.41, 5.74) is 1.82. The average Bonchev–Trinajstić information content (AvgIpc) is 2.50. The van der Waals surface area contributed by atoms with Crippen molar-refractivity contribution in [1.29, 1.82) is 0 Å². The normalized spacial score (nSPS) is 17.1.